The summed E-state index contributed by atoms with van der Waals surface area (Å²) in [5.41, 5.74) is 11.3. The van der Waals surface area contributed by atoms with Crippen LogP contribution in [0.1, 0.15) is 46.4 Å². The standard InChI is InChI=1S/C14H10O4.C6H16N2/c15-13(16)11-8-4-7-10(12(11)14(17)18)9-5-2-1-3-6-9;7-5-3-1-2-4-6-8/h1-8H,(H,15,16)(H,17,18);1-8H2. The molecule has 6 heteroatoms. The zero-order valence-electron chi connectivity index (χ0n) is 14.7. The molecule has 6 nitrogen and oxygen atoms in total. The smallest absolute Gasteiger partial charge is 0.337 e. The van der Waals surface area contributed by atoms with Crippen LogP contribution in [0.2, 0.25) is 0 Å². The molecule has 2 aromatic carbocycles. The van der Waals surface area contributed by atoms with E-state index in [-0.39, 0.29) is 11.1 Å². The highest BCUT2D eigenvalue weighted by Gasteiger charge is 2.20. The minimum absolute atomic E-state index is 0.184. The highest BCUT2D eigenvalue weighted by molar-refractivity contribution is 6.06. The quantitative estimate of drug-likeness (QED) is 0.537. The van der Waals surface area contributed by atoms with Crippen LogP contribution in [0.3, 0.4) is 0 Å². The maximum Gasteiger partial charge on any atom is 0.337 e. The number of aromatic carboxylic acids is 2. The summed E-state index contributed by atoms with van der Waals surface area (Å²) in [7, 11) is 0. The van der Waals surface area contributed by atoms with E-state index >= 15 is 0 Å². The molecule has 6 N–H and O–H groups in total. The minimum Gasteiger partial charge on any atom is -0.478 e. The van der Waals surface area contributed by atoms with E-state index in [0.29, 0.717) is 11.1 Å². The Bertz CT molecular complexity index is 696. The molecule has 0 fully saturated rings. The highest BCUT2D eigenvalue weighted by atomic mass is 16.4. The second kappa shape index (κ2) is 11.8. The zero-order valence-corrected chi connectivity index (χ0v) is 14.7. The predicted molar refractivity (Wildman–Crippen MR) is 102 cm³/mol. The summed E-state index contributed by atoms with van der Waals surface area (Å²) in [6.07, 6.45) is 4.79. The Kier molecular flexibility index (Phi) is 9.67. The van der Waals surface area contributed by atoms with E-state index in [1.807, 2.05) is 6.07 Å². The highest BCUT2D eigenvalue weighted by Crippen LogP contribution is 2.26. The molecule has 2 aromatic rings. The van der Waals surface area contributed by atoms with Crippen molar-refractivity contribution in [1.29, 1.82) is 0 Å². The number of carboxylic acid groups (broad SMARTS) is 2. The minimum atomic E-state index is -1.25. The first-order chi connectivity index (χ1) is 12.5. The number of carboxylic acids is 2. The number of hydrogen-bond acceptors (Lipinski definition) is 4. The number of rotatable bonds is 8. The number of unbranched alkanes of at least 4 members (excludes halogenated alkanes) is 3. The third-order valence-electron chi connectivity index (χ3n) is 3.75. The van der Waals surface area contributed by atoms with Crippen LogP contribution in [-0.4, -0.2) is 35.2 Å². The summed E-state index contributed by atoms with van der Waals surface area (Å²) in [5.74, 6) is -2.49. The summed E-state index contributed by atoms with van der Waals surface area (Å²) in [6.45, 7) is 1.65. The maximum absolute atomic E-state index is 11.3. The van der Waals surface area contributed by atoms with Gasteiger partial charge in [0, 0.05) is 0 Å². The molecule has 0 radical (unpaired) electrons. The van der Waals surface area contributed by atoms with Crippen molar-refractivity contribution in [2.45, 2.75) is 25.7 Å². The van der Waals surface area contributed by atoms with Gasteiger partial charge in [0.1, 0.15) is 0 Å². The van der Waals surface area contributed by atoms with Gasteiger partial charge in [0.05, 0.1) is 11.1 Å². The van der Waals surface area contributed by atoms with Crippen molar-refractivity contribution in [3.05, 3.63) is 59.7 Å². The molecular weight excluding hydrogens is 332 g/mol. The molecule has 0 amide bonds. The largest absolute Gasteiger partial charge is 0.478 e. The van der Waals surface area contributed by atoms with Crippen molar-refractivity contribution >= 4 is 11.9 Å². The van der Waals surface area contributed by atoms with E-state index in [9.17, 15) is 14.7 Å². The van der Waals surface area contributed by atoms with Crippen LogP contribution >= 0.6 is 0 Å². The van der Waals surface area contributed by atoms with Crippen LogP contribution in [0.15, 0.2) is 48.5 Å². The lowest BCUT2D eigenvalue weighted by molar-refractivity contribution is 0.0652. The van der Waals surface area contributed by atoms with E-state index in [4.69, 9.17) is 16.6 Å². The van der Waals surface area contributed by atoms with E-state index in [1.54, 1.807) is 30.3 Å². The molecule has 0 bridgehead atoms. The summed E-state index contributed by atoms with van der Waals surface area (Å²) in [4.78, 5) is 22.3. The van der Waals surface area contributed by atoms with Crippen LogP contribution in [0, 0.1) is 0 Å². The molecule has 0 heterocycles. The SMILES string of the molecule is NCCCCCCN.O=C(O)c1cccc(-c2ccccc2)c1C(=O)O. The van der Waals surface area contributed by atoms with Crippen molar-refractivity contribution < 1.29 is 19.8 Å². The van der Waals surface area contributed by atoms with Gasteiger partial charge in [-0.15, -0.1) is 0 Å². The molecule has 0 aliphatic carbocycles. The Labute approximate surface area is 153 Å². The first-order valence-corrected chi connectivity index (χ1v) is 8.58. The van der Waals surface area contributed by atoms with Gasteiger partial charge in [-0.3, -0.25) is 0 Å². The van der Waals surface area contributed by atoms with Crippen molar-refractivity contribution in [3.63, 3.8) is 0 Å². The van der Waals surface area contributed by atoms with Crippen LogP contribution in [0.25, 0.3) is 11.1 Å². The molecule has 26 heavy (non-hydrogen) atoms. The average Bonchev–Trinajstić information content (AvgIpc) is 2.66. The molecule has 0 spiro atoms. The number of benzene rings is 2. The third-order valence-corrected chi connectivity index (χ3v) is 3.75. The fourth-order valence-electron chi connectivity index (χ4n) is 2.46. The molecule has 0 aliphatic heterocycles. The molecule has 0 unspecified atom stereocenters. The number of carbonyl (C=O) groups is 2. The Morgan fingerprint density at radius 2 is 1.31 bits per heavy atom. The molecule has 140 valence electrons. The lowest BCUT2D eigenvalue weighted by Crippen LogP contribution is -2.09. The van der Waals surface area contributed by atoms with Crippen LogP contribution in [0.4, 0.5) is 0 Å². The summed E-state index contributed by atoms with van der Waals surface area (Å²) >= 11 is 0. The van der Waals surface area contributed by atoms with Gasteiger partial charge in [0.2, 0.25) is 0 Å². The maximum atomic E-state index is 11.3. The fraction of sp³-hybridized carbons (Fsp3) is 0.300. The van der Waals surface area contributed by atoms with Gasteiger partial charge in [-0.25, -0.2) is 9.59 Å². The van der Waals surface area contributed by atoms with Crippen molar-refractivity contribution in [1.82, 2.24) is 0 Å². The molecular formula is C20H26N2O4. The third kappa shape index (κ3) is 6.66. The Morgan fingerprint density at radius 1 is 0.731 bits per heavy atom. The predicted octanol–water partition coefficient (Wildman–Crippen LogP) is 3.21. The average molecular weight is 358 g/mol. The Morgan fingerprint density at radius 3 is 1.77 bits per heavy atom. The molecule has 0 saturated carbocycles. The van der Waals surface area contributed by atoms with E-state index in [2.05, 4.69) is 0 Å². The van der Waals surface area contributed by atoms with E-state index in [0.717, 1.165) is 25.9 Å². The van der Waals surface area contributed by atoms with Crippen molar-refractivity contribution in [3.8, 4) is 11.1 Å². The monoisotopic (exact) mass is 358 g/mol. The Hall–Kier alpha value is -2.70. The van der Waals surface area contributed by atoms with Crippen molar-refractivity contribution in [2.75, 3.05) is 13.1 Å². The summed E-state index contributed by atoms with van der Waals surface area (Å²) in [6, 6.07) is 13.3. The lowest BCUT2D eigenvalue weighted by atomic mass is 9.95. The topological polar surface area (TPSA) is 127 Å². The first-order valence-electron chi connectivity index (χ1n) is 8.58. The van der Waals surface area contributed by atoms with Crippen LogP contribution < -0.4 is 11.5 Å². The van der Waals surface area contributed by atoms with E-state index < -0.39 is 11.9 Å². The van der Waals surface area contributed by atoms with Crippen molar-refractivity contribution in [2.24, 2.45) is 11.5 Å². The Balaban J connectivity index is 0.000000359. The van der Waals surface area contributed by atoms with Gasteiger partial charge in [-0.2, -0.15) is 0 Å². The fourth-order valence-corrected chi connectivity index (χ4v) is 2.46. The van der Waals surface area contributed by atoms with Gasteiger partial charge < -0.3 is 21.7 Å². The lowest BCUT2D eigenvalue weighted by Gasteiger charge is -2.08. The zero-order chi connectivity index (χ0) is 19.4. The number of nitrogens with two attached hydrogens (primary N) is 2. The first kappa shape index (κ1) is 21.3. The van der Waals surface area contributed by atoms with Crippen LogP contribution in [0.5, 0.6) is 0 Å². The molecule has 0 aromatic heterocycles. The van der Waals surface area contributed by atoms with Crippen LogP contribution in [-0.2, 0) is 0 Å². The van der Waals surface area contributed by atoms with Gasteiger partial charge in [-0.1, -0.05) is 55.3 Å². The number of hydrogen-bond donors (Lipinski definition) is 4. The molecule has 2 rings (SSSR count). The van der Waals surface area contributed by atoms with Gasteiger partial charge in [-0.05, 0) is 43.1 Å². The van der Waals surface area contributed by atoms with Gasteiger partial charge in [0.15, 0.2) is 0 Å². The van der Waals surface area contributed by atoms with E-state index in [1.165, 1.54) is 25.0 Å². The second-order valence-corrected chi connectivity index (χ2v) is 5.70. The molecule has 0 aliphatic rings. The molecule has 0 saturated heterocycles. The summed E-state index contributed by atoms with van der Waals surface area (Å²) in [5, 5.41) is 18.2. The normalized spacial score (nSPS) is 9.92. The van der Waals surface area contributed by atoms with Gasteiger partial charge in [0.25, 0.3) is 0 Å². The second-order valence-electron chi connectivity index (χ2n) is 5.70. The van der Waals surface area contributed by atoms with Gasteiger partial charge >= 0.3 is 11.9 Å². The molecule has 0 atom stereocenters. The summed E-state index contributed by atoms with van der Waals surface area (Å²) < 4.78 is 0.